The van der Waals surface area contributed by atoms with Crippen LogP contribution in [0.15, 0.2) is 18.3 Å². The fourth-order valence-electron chi connectivity index (χ4n) is 2.52. The van der Waals surface area contributed by atoms with E-state index in [1.807, 2.05) is 0 Å². The summed E-state index contributed by atoms with van der Waals surface area (Å²) in [5, 5.41) is 2.30. The average Bonchev–Trinajstić information content (AvgIpc) is 2.56. The van der Waals surface area contributed by atoms with Gasteiger partial charge in [0, 0.05) is 37.5 Å². The molecule has 0 spiro atoms. The number of piperazine rings is 1. The van der Waals surface area contributed by atoms with Crippen LogP contribution < -0.4 is 10.2 Å². The third kappa shape index (κ3) is 3.78. The molecule has 0 saturated carbocycles. The Labute approximate surface area is 150 Å². The Balaban J connectivity index is 2.09. The summed E-state index contributed by atoms with van der Waals surface area (Å²) in [6.45, 7) is 0.0474. The van der Waals surface area contributed by atoms with Crippen molar-refractivity contribution in [1.29, 1.82) is 0 Å². The van der Waals surface area contributed by atoms with Crippen LogP contribution in [-0.4, -0.2) is 46.8 Å². The summed E-state index contributed by atoms with van der Waals surface area (Å²) in [6.07, 6.45) is -3.29. The minimum absolute atomic E-state index is 0.0292. The molecular weight excluding hydrogens is 385 g/mol. The summed E-state index contributed by atoms with van der Waals surface area (Å²) in [6, 6.07) is 0.667. The number of nitrogens with zero attached hydrogens (tertiary/aromatic N) is 4. The summed E-state index contributed by atoms with van der Waals surface area (Å²) < 4.78 is 53.3. The zero-order chi connectivity index (χ0) is 18.2. The van der Waals surface area contributed by atoms with Gasteiger partial charge in [0.1, 0.15) is 11.1 Å². The molecule has 0 aromatic carbocycles. The minimum atomic E-state index is -4.49. The van der Waals surface area contributed by atoms with Gasteiger partial charge >= 0.3 is 6.18 Å². The molecule has 5 nitrogen and oxygen atoms in total. The molecule has 1 aliphatic heterocycles. The van der Waals surface area contributed by atoms with Gasteiger partial charge in [-0.25, -0.2) is 15.0 Å². The van der Waals surface area contributed by atoms with Crippen LogP contribution in [-0.2, 0) is 0 Å². The maximum absolute atomic E-state index is 13.3. The van der Waals surface area contributed by atoms with Crippen molar-refractivity contribution < 1.29 is 17.6 Å². The summed E-state index contributed by atoms with van der Waals surface area (Å²) in [7, 11) is 0. The number of nitrogens with one attached hydrogen (secondary N) is 1. The number of pyridine rings is 1. The molecule has 3 heterocycles. The second kappa shape index (κ2) is 6.89. The molecule has 1 saturated heterocycles. The first-order chi connectivity index (χ1) is 11.8. The van der Waals surface area contributed by atoms with Crippen molar-refractivity contribution in [1.82, 2.24) is 20.3 Å². The molecule has 0 radical (unpaired) electrons. The third-order valence-corrected chi connectivity index (χ3v) is 4.39. The Morgan fingerprint density at radius 2 is 2.00 bits per heavy atom. The minimum Gasteiger partial charge on any atom is -0.341 e. The van der Waals surface area contributed by atoms with Crippen molar-refractivity contribution in [2.75, 3.05) is 24.5 Å². The number of rotatable bonds is 2. The molecule has 1 unspecified atom stereocenters. The van der Waals surface area contributed by atoms with Crippen LogP contribution in [0, 0.1) is 5.95 Å². The number of halogens is 6. The lowest BCUT2D eigenvalue weighted by Gasteiger charge is -2.38. The van der Waals surface area contributed by atoms with Gasteiger partial charge in [-0.2, -0.15) is 17.6 Å². The third-order valence-electron chi connectivity index (χ3n) is 3.67. The molecule has 2 aromatic rings. The van der Waals surface area contributed by atoms with Crippen molar-refractivity contribution in [3.63, 3.8) is 0 Å². The van der Waals surface area contributed by atoms with E-state index in [4.69, 9.17) is 23.2 Å². The maximum Gasteiger partial charge on any atom is 0.410 e. The second-order valence-electron chi connectivity index (χ2n) is 5.30. The van der Waals surface area contributed by atoms with Gasteiger partial charge in [0.05, 0.1) is 0 Å². The van der Waals surface area contributed by atoms with Gasteiger partial charge in [-0.3, -0.25) is 0 Å². The first-order valence-electron chi connectivity index (χ1n) is 7.16. The smallest absolute Gasteiger partial charge is 0.341 e. The first-order valence-corrected chi connectivity index (χ1v) is 7.92. The quantitative estimate of drug-likeness (QED) is 0.480. The van der Waals surface area contributed by atoms with Crippen LogP contribution in [0.2, 0.25) is 10.2 Å². The predicted octanol–water partition coefficient (Wildman–Crippen LogP) is 3.33. The molecule has 11 heteroatoms. The van der Waals surface area contributed by atoms with Crippen LogP contribution >= 0.6 is 23.2 Å². The number of hydrogen-bond donors (Lipinski definition) is 1. The second-order valence-corrected chi connectivity index (χ2v) is 6.03. The number of hydrogen-bond acceptors (Lipinski definition) is 5. The molecule has 2 aromatic heterocycles. The van der Waals surface area contributed by atoms with Crippen LogP contribution in [0.1, 0.15) is 0 Å². The van der Waals surface area contributed by atoms with Gasteiger partial charge in [-0.05, 0) is 6.07 Å². The number of alkyl halides is 3. The molecule has 0 amide bonds. The molecule has 1 aliphatic rings. The van der Waals surface area contributed by atoms with Gasteiger partial charge < -0.3 is 10.2 Å². The number of aromatic nitrogens is 3. The largest absolute Gasteiger partial charge is 0.410 e. The normalized spacial score (nSPS) is 18.5. The van der Waals surface area contributed by atoms with E-state index in [2.05, 4.69) is 20.3 Å². The van der Waals surface area contributed by atoms with E-state index in [1.165, 1.54) is 12.3 Å². The summed E-state index contributed by atoms with van der Waals surface area (Å²) in [4.78, 5) is 12.5. The highest BCUT2D eigenvalue weighted by Crippen LogP contribution is 2.36. The molecular formula is C14H11Cl2F4N5. The van der Waals surface area contributed by atoms with Crippen molar-refractivity contribution in [2.24, 2.45) is 0 Å². The molecule has 1 N–H and O–H groups in total. The zero-order valence-electron chi connectivity index (χ0n) is 12.5. The Bertz CT molecular complexity index is 786. The maximum atomic E-state index is 13.3. The van der Waals surface area contributed by atoms with E-state index in [-0.39, 0.29) is 40.5 Å². The van der Waals surface area contributed by atoms with E-state index in [0.717, 1.165) is 11.0 Å². The van der Waals surface area contributed by atoms with E-state index in [0.29, 0.717) is 6.54 Å². The fourth-order valence-corrected chi connectivity index (χ4v) is 2.88. The molecule has 134 valence electrons. The first kappa shape index (κ1) is 18.1. The standard InChI is InChI=1S/C14H11Cl2F4N5/c15-10-11(16)23-12(7-1-2-22-9(17)5-7)24-13(10)25-4-3-21-6-8(25)14(18,19)20/h1-2,5,8,21H,3-4,6H2. The average molecular weight is 396 g/mol. The highest BCUT2D eigenvalue weighted by Gasteiger charge is 2.46. The van der Waals surface area contributed by atoms with Crippen LogP contribution in [0.4, 0.5) is 23.4 Å². The Hall–Kier alpha value is -1.71. The number of anilines is 1. The highest BCUT2D eigenvalue weighted by atomic mass is 35.5. The molecule has 0 aliphatic carbocycles. The van der Waals surface area contributed by atoms with Gasteiger partial charge in [-0.1, -0.05) is 23.2 Å². The van der Waals surface area contributed by atoms with E-state index in [9.17, 15) is 17.6 Å². The summed E-state index contributed by atoms with van der Waals surface area (Å²) in [5.41, 5.74) is 0.228. The molecule has 25 heavy (non-hydrogen) atoms. The summed E-state index contributed by atoms with van der Waals surface area (Å²) in [5.74, 6) is -0.952. The SMILES string of the molecule is Fc1cc(-c2nc(Cl)c(Cl)c(N3CCNCC3C(F)(F)F)n2)ccn1. The van der Waals surface area contributed by atoms with E-state index < -0.39 is 18.2 Å². The van der Waals surface area contributed by atoms with Gasteiger partial charge in [-0.15, -0.1) is 0 Å². The fraction of sp³-hybridized carbons (Fsp3) is 0.357. The van der Waals surface area contributed by atoms with Crippen molar-refractivity contribution in [3.8, 4) is 11.4 Å². The van der Waals surface area contributed by atoms with Crippen molar-refractivity contribution in [3.05, 3.63) is 34.5 Å². The van der Waals surface area contributed by atoms with Crippen molar-refractivity contribution >= 4 is 29.0 Å². The van der Waals surface area contributed by atoms with E-state index in [1.54, 1.807) is 0 Å². The summed E-state index contributed by atoms with van der Waals surface area (Å²) >= 11 is 12.0. The molecule has 3 rings (SSSR count). The highest BCUT2D eigenvalue weighted by molar-refractivity contribution is 6.42. The molecule has 0 bridgehead atoms. The zero-order valence-corrected chi connectivity index (χ0v) is 14.0. The topological polar surface area (TPSA) is 53.9 Å². The molecule has 1 atom stereocenters. The van der Waals surface area contributed by atoms with E-state index >= 15 is 0 Å². The Morgan fingerprint density at radius 1 is 1.24 bits per heavy atom. The van der Waals surface area contributed by atoms with Crippen LogP contribution in [0.5, 0.6) is 0 Å². The van der Waals surface area contributed by atoms with Gasteiger partial charge in [0.2, 0.25) is 5.95 Å². The Morgan fingerprint density at radius 3 is 2.68 bits per heavy atom. The lowest BCUT2D eigenvalue weighted by molar-refractivity contribution is -0.149. The lowest BCUT2D eigenvalue weighted by atomic mass is 10.2. The van der Waals surface area contributed by atoms with Gasteiger partial charge in [0.15, 0.2) is 16.8 Å². The lowest BCUT2D eigenvalue weighted by Crippen LogP contribution is -2.58. The Kier molecular flexibility index (Phi) is 4.99. The van der Waals surface area contributed by atoms with Crippen LogP contribution in [0.3, 0.4) is 0 Å². The van der Waals surface area contributed by atoms with Crippen LogP contribution in [0.25, 0.3) is 11.4 Å². The molecule has 1 fully saturated rings. The van der Waals surface area contributed by atoms with Crippen molar-refractivity contribution in [2.45, 2.75) is 12.2 Å². The predicted molar refractivity (Wildman–Crippen MR) is 85.3 cm³/mol. The van der Waals surface area contributed by atoms with Gasteiger partial charge in [0.25, 0.3) is 0 Å². The monoisotopic (exact) mass is 395 g/mol.